The Morgan fingerprint density at radius 2 is 1.63 bits per heavy atom. The maximum Gasteiger partial charge on any atom is 0.410 e. The fraction of sp³-hybridized carbons (Fsp3) is 0.677. The summed E-state index contributed by atoms with van der Waals surface area (Å²) in [7, 11) is 2.80. The molecule has 0 spiro atoms. The van der Waals surface area contributed by atoms with Gasteiger partial charge in [0.25, 0.3) is 0 Å². The lowest BCUT2D eigenvalue weighted by atomic mass is 9.85. The van der Waals surface area contributed by atoms with E-state index in [9.17, 15) is 19.2 Å². The molecule has 0 bridgehead atoms. The largest absolute Gasteiger partial charge is 0.491 e. The van der Waals surface area contributed by atoms with Gasteiger partial charge in [0, 0.05) is 20.1 Å². The van der Waals surface area contributed by atoms with Gasteiger partial charge in [0.05, 0.1) is 26.9 Å². The van der Waals surface area contributed by atoms with Crippen molar-refractivity contribution in [3.8, 4) is 5.75 Å². The Morgan fingerprint density at radius 1 is 0.977 bits per heavy atom. The first kappa shape index (κ1) is 35.8. The van der Waals surface area contributed by atoms with Gasteiger partial charge in [0.2, 0.25) is 11.8 Å². The molecule has 0 fully saturated rings. The van der Waals surface area contributed by atoms with E-state index in [1.165, 1.54) is 19.1 Å². The molecule has 1 aliphatic rings. The summed E-state index contributed by atoms with van der Waals surface area (Å²) in [4.78, 5) is 53.5. The predicted molar refractivity (Wildman–Crippen MR) is 160 cm³/mol. The van der Waals surface area contributed by atoms with E-state index < -0.39 is 41.1 Å². The van der Waals surface area contributed by atoms with Crippen molar-refractivity contribution in [3.63, 3.8) is 0 Å². The zero-order valence-corrected chi connectivity index (χ0v) is 27.1. The Labute approximate surface area is 255 Å². The highest BCUT2D eigenvalue weighted by atomic mass is 16.6. The molecule has 43 heavy (non-hydrogen) atoms. The third kappa shape index (κ3) is 11.7. The zero-order valence-electron chi connectivity index (χ0n) is 27.1. The van der Waals surface area contributed by atoms with Crippen molar-refractivity contribution in [2.24, 2.45) is 5.41 Å². The van der Waals surface area contributed by atoms with Gasteiger partial charge < -0.3 is 33.9 Å². The van der Waals surface area contributed by atoms with Crippen LogP contribution in [0.15, 0.2) is 18.2 Å². The summed E-state index contributed by atoms with van der Waals surface area (Å²) in [6.07, 6.45) is 0.0641. The normalized spacial score (nSPS) is 14.7. The number of esters is 1. The number of methoxy groups -OCH3 is 1. The average molecular weight is 608 g/mol. The summed E-state index contributed by atoms with van der Waals surface area (Å²) in [5, 5.41) is 2.90. The van der Waals surface area contributed by atoms with Crippen LogP contribution in [0.3, 0.4) is 0 Å². The molecule has 0 unspecified atom stereocenters. The quantitative estimate of drug-likeness (QED) is 0.265. The highest BCUT2D eigenvalue weighted by Gasteiger charge is 2.38. The minimum Gasteiger partial charge on any atom is -0.491 e. The smallest absolute Gasteiger partial charge is 0.410 e. The first-order valence-electron chi connectivity index (χ1n) is 14.6. The van der Waals surface area contributed by atoms with Gasteiger partial charge in [-0.15, -0.1) is 0 Å². The number of nitrogens with one attached hydrogen (secondary N) is 1. The molecular weight excluding hydrogens is 558 g/mol. The fourth-order valence-electron chi connectivity index (χ4n) is 4.23. The number of nitrogens with zero attached hydrogens (tertiary/aromatic N) is 2. The third-order valence-electron chi connectivity index (χ3n) is 6.86. The van der Waals surface area contributed by atoms with Gasteiger partial charge >= 0.3 is 12.1 Å². The van der Waals surface area contributed by atoms with Gasteiger partial charge in [0.1, 0.15) is 36.6 Å². The molecule has 1 N–H and O–H groups in total. The van der Waals surface area contributed by atoms with Crippen molar-refractivity contribution in [3.05, 3.63) is 29.3 Å². The second kappa shape index (κ2) is 15.9. The standard InChI is InChI=1S/C31H49N3O9/c1-21(33(8)29(38)43-31(5,6)7)27(36)32-26(30(2,3)4)28(37)34-13-12-22-10-11-24(18-23(22)19-34)42-17-16-40-14-15-41-20-25(35)39-9/h10-11,18,21,26H,12-17,19-20H2,1-9H3,(H,32,36)/t21-,26+/m0/s1. The van der Waals surface area contributed by atoms with E-state index >= 15 is 0 Å². The van der Waals surface area contributed by atoms with Gasteiger partial charge in [-0.3, -0.25) is 14.5 Å². The summed E-state index contributed by atoms with van der Waals surface area (Å²) in [6.45, 7) is 14.6. The van der Waals surface area contributed by atoms with Crippen molar-refractivity contribution in [2.45, 2.75) is 79.1 Å². The number of hydrogen-bond acceptors (Lipinski definition) is 9. The minimum atomic E-state index is -0.842. The molecule has 2 atom stereocenters. The van der Waals surface area contributed by atoms with Crippen molar-refractivity contribution in [1.29, 1.82) is 0 Å². The van der Waals surface area contributed by atoms with Crippen LogP contribution in [0.2, 0.25) is 0 Å². The molecule has 1 aliphatic heterocycles. The summed E-state index contributed by atoms with van der Waals surface area (Å²) in [5.74, 6) is -0.398. The number of rotatable bonds is 13. The molecule has 3 amide bonds. The van der Waals surface area contributed by atoms with E-state index in [1.54, 1.807) is 32.6 Å². The molecule has 12 nitrogen and oxygen atoms in total. The molecule has 0 saturated carbocycles. The van der Waals surface area contributed by atoms with Crippen molar-refractivity contribution < 1.29 is 42.9 Å². The number of carbonyl (C=O) groups excluding carboxylic acids is 4. The van der Waals surface area contributed by atoms with Gasteiger partial charge in [-0.05, 0) is 62.8 Å². The monoisotopic (exact) mass is 607 g/mol. The number of amides is 3. The highest BCUT2D eigenvalue weighted by Crippen LogP contribution is 2.27. The van der Waals surface area contributed by atoms with Crippen LogP contribution in [0.1, 0.15) is 59.6 Å². The predicted octanol–water partition coefficient (Wildman–Crippen LogP) is 2.94. The summed E-state index contributed by atoms with van der Waals surface area (Å²) < 4.78 is 26.3. The van der Waals surface area contributed by atoms with E-state index in [0.29, 0.717) is 45.1 Å². The Balaban J connectivity index is 1.96. The van der Waals surface area contributed by atoms with Crippen molar-refractivity contribution in [1.82, 2.24) is 15.1 Å². The Bertz CT molecular complexity index is 1110. The van der Waals surface area contributed by atoms with Gasteiger partial charge in [0.15, 0.2) is 0 Å². The number of ether oxygens (including phenoxy) is 5. The molecule has 0 aromatic heterocycles. The first-order valence-corrected chi connectivity index (χ1v) is 14.6. The van der Waals surface area contributed by atoms with E-state index in [-0.39, 0.29) is 19.1 Å². The number of carbonyl (C=O) groups is 4. The van der Waals surface area contributed by atoms with E-state index in [0.717, 1.165) is 11.1 Å². The van der Waals surface area contributed by atoms with Crippen LogP contribution in [0.5, 0.6) is 5.75 Å². The number of hydrogen-bond donors (Lipinski definition) is 1. The summed E-state index contributed by atoms with van der Waals surface area (Å²) >= 11 is 0. The number of likely N-dealkylation sites (N-methyl/N-ethyl adjacent to an activating group) is 1. The summed E-state index contributed by atoms with van der Waals surface area (Å²) in [5.41, 5.74) is 0.843. The second-order valence-corrected chi connectivity index (χ2v) is 12.6. The average Bonchev–Trinajstić information content (AvgIpc) is 2.93. The lowest BCUT2D eigenvalue weighted by Gasteiger charge is -2.38. The molecule has 1 aromatic carbocycles. The van der Waals surface area contributed by atoms with Crippen molar-refractivity contribution in [2.75, 3.05) is 53.7 Å². The van der Waals surface area contributed by atoms with Gasteiger partial charge in [-0.1, -0.05) is 26.8 Å². The van der Waals surface area contributed by atoms with Crippen LogP contribution in [-0.2, 0) is 46.3 Å². The third-order valence-corrected chi connectivity index (χ3v) is 6.86. The molecule has 12 heteroatoms. The minimum absolute atomic E-state index is 0.113. The molecule has 242 valence electrons. The van der Waals surface area contributed by atoms with Crippen LogP contribution >= 0.6 is 0 Å². The topological polar surface area (TPSA) is 133 Å². The van der Waals surface area contributed by atoms with Crippen LogP contribution in [-0.4, -0.2) is 105 Å². The molecule has 0 radical (unpaired) electrons. The zero-order chi connectivity index (χ0) is 32.4. The van der Waals surface area contributed by atoms with Crippen LogP contribution in [0.25, 0.3) is 0 Å². The Kier molecular flexibility index (Phi) is 13.2. The molecule has 0 aliphatic carbocycles. The highest BCUT2D eigenvalue weighted by molar-refractivity contribution is 5.91. The Hall–Kier alpha value is -3.38. The molecule has 2 rings (SSSR count). The SMILES string of the molecule is COC(=O)COCCOCCOc1ccc2c(c1)CN(C(=O)[C@@H](NC(=O)[C@H](C)N(C)C(=O)OC(C)(C)C)C(C)(C)C)CC2. The lowest BCUT2D eigenvalue weighted by molar-refractivity contribution is -0.146. The maximum absolute atomic E-state index is 13.8. The van der Waals surface area contributed by atoms with Crippen LogP contribution in [0.4, 0.5) is 4.79 Å². The van der Waals surface area contributed by atoms with Gasteiger partial charge in [-0.2, -0.15) is 0 Å². The van der Waals surface area contributed by atoms with Crippen molar-refractivity contribution >= 4 is 23.9 Å². The molecule has 1 aromatic rings. The van der Waals surface area contributed by atoms with E-state index in [2.05, 4.69) is 10.1 Å². The fourth-order valence-corrected chi connectivity index (χ4v) is 4.23. The molecule has 0 saturated heterocycles. The van der Waals surface area contributed by atoms with Crippen LogP contribution in [0, 0.1) is 5.41 Å². The molecular formula is C31H49N3O9. The first-order chi connectivity index (χ1) is 20.0. The van der Waals surface area contributed by atoms with Gasteiger partial charge in [-0.25, -0.2) is 9.59 Å². The number of benzene rings is 1. The van der Waals surface area contributed by atoms with Crippen LogP contribution < -0.4 is 10.1 Å². The Morgan fingerprint density at radius 3 is 2.26 bits per heavy atom. The lowest BCUT2D eigenvalue weighted by Crippen LogP contribution is -2.58. The van der Waals surface area contributed by atoms with E-state index in [4.69, 9.17) is 18.9 Å². The number of fused-ring (bicyclic) bond motifs is 1. The van der Waals surface area contributed by atoms with E-state index in [1.807, 2.05) is 39.0 Å². The molecule has 1 heterocycles. The second-order valence-electron chi connectivity index (χ2n) is 12.6. The maximum atomic E-state index is 13.8. The summed E-state index contributed by atoms with van der Waals surface area (Å²) in [6, 6.07) is 4.19.